The minimum atomic E-state index is 0.292. The SMILES string of the molecule is CC1=C2c3ccccc3-c3ccccc3C2c2c1c1ccccc1c1ccccc21. The molecule has 0 fully saturated rings. The van der Waals surface area contributed by atoms with E-state index in [2.05, 4.69) is 104 Å². The molecule has 2 aliphatic rings. The molecule has 0 amide bonds. The van der Waals surface area contributed by atoms with Crippen LogP contribution in [0.5, 0.6) is 0 Å². The lowest BCUT2D eigenvalue weighted by molar-refractivity contribution is 1.07. The second-order valence-corrected chi connectivity index (χ2v) is 8.48. The van der Waals surface area contributed by atoms with Crippen LogP contribution in [0.25, 0.3) is 43.8 Å². The molecule has 0 heterocycles. The van der Waals surface area contributed by atoms with Crippen molar-refractivity contribution >= 4 is 32.7 Å². The van der Waals surface area contributed by atoms with Crippen molar-refractivity contribution < 1.29 is 0 Å². The largest absolute Gasteiger partial charge is 0.0619 e. The van der Waals surface area contributed by atoms with Gasteiger partial charge >= 0.3 is 0 Å². The lowest BCUT2D eigenvalue weighted by Gasteiger charge is -2.29. The van der Waals surface area contributed by atoms with E-state index in [0.717, 1.165) is 0 Å². The van der Waals surface area contributed by atoms with Crippen LogP contribution >= 0.6 is 0 Å². The Morgan fingerprint density at radius 3 is 1.80 bits per heavy atom. The maximum atomic E-state index is 2.34. The number of hydrogen-bond donors (Lipinski definition) is 0. The molecule has 0 saturated carbocycles. The van der Waals surface area contributed by atoms with Crippen molar-refractivity contribution in [3.8, 4) is 11.1 Å². The Labute approximate surface area is 176 Å². The third-order valence-corrected chi connectivity index (χ3v) is 7.11. The van der Waals surface area contributed by atoms with E-state index >= 15 is 0 Å². The summed E-state index contributed by atoms with van der Waals surface area (Å²) in [4.78, 5) is 0. The zero-order valence-electron chi connectivity index (χ0n) is 16.8. The highest BCUT2D eigenvalue weighted by Gasteiger charge is 2.39. The lowest BCUT2D eigenvalue weighted by atomic mass is 9.73. The fraction of sp³-hybridized carbons (Fsp3) is 0.0667. The van der Waals surface area contributed by atoms with Crippen LogP contribution in [0.4, 0.5) is 0 Å². The fourth-order valence-electron chi connectivity index (χ4n) is 5.98. The van der Waals surface area contributed by atoms with E-state index in [9.17, 15) is 0 Å². The molecule has 0 heteroatoms. The Morgan fingerprint density at radius 1 is 0.500 bits per heavy atom. The molecule has 0 aromatic heterocycles. The van der Waals surface area contributed by atoms with E-state index in [1.807, 2.05) is 0 Å². The third-order valence-electron chi connectivity index (χ3n) is 7.11. The zero-order valence-corrected chi connectivity index (χ0v) is 16.8. The maximum Gasteiger partial charge on any atom is 0.0367 e. The molecular weight excluding hydrogens is 360 g/mol. The molecule has 1 atom stereocenters. The topological polar surface area (TPSA) is 0 Å². The molecular formula is C30H20. The van der Waals surface area contributed by atoms with Gasteiger partial charge in [0.05, 0.1) is 0 Å². The standard InChI is InChI=1S/C30H20/c1-18-27-23-14-6-2-10-19(23)21-12-4-8-16-25(21)29(27)30-26-17-9-5-13-22(26)20-11-3-7-15-24(20)28(18)30/h2-17,29H,1H3. The van der Waals surface area contributed by atoms with E-state index in [1.54, 1.807) is 0 Å². The first-order chi connectivity index (χ1) is 14.8. The van der Waals surface area contributed by atoms with Crippen LogP contribution < -0.4 is 0 Å². The first-order valence-corrected chi connectivity index (χ1v) is 10.7. The highest BCUT2D eigenvalue weighted by Crippen LogP contribution is 2.59. The summed E-state index contributed by atoms with van der Waals surface area (Å²) in [5.74, 6) is 0.292. The first kappa shape index (κ1) is 16.2. The Bertz CT molecular complexity index is 1550. The highest BCUT2D eigenvalue weighted by molar-refractivity contribution is 6.20. The molecule has 5 aromatic rings. The Kier molecular flexibility index (Phi) is 3.08. The molecule has 0 N–H and O–H groups in total. The summed E-state index contributed by atoms with van der Waals surface area (Å²) in [6.07, 6.45) is 0. The Hall–Kier alpha value is -3.64. The molecule has 30 heavy (non-hydrogen) atoms. The van der Waals surface area contributed by atoms with Gasteiger partial charge in [-0.1, -0.05) is 97.1 Å². The quantitative estimate of drug-likeness (QED) is 0.238. The highest BCUT2D eigenvalue weighted by atomic mass is 14.4. The van der Waals surface area contributed by atoms with Crippen LogP contribution in [0.1, 0.15) is 35.1 Å². The van der Waals surface area contributed by atoms with E-state index in [-0.39, 0.29) is 0 Å². The average molecular weight is 380 g/mol. The summed E-state index contributed by atoms with van der Waals surface area (Å²) in [6.45, 7) is 2.33. The summed E-state index contributed by atoms with van der Waals surface area (Å²) in [7, 11) is 0. The van der Waals surface area contributed by atoms with Gasteiger partial charge < -0.3 is 0 Å². The summed E-state index contributed by atoms with van der Waals surface area (Å²) in [6, 6.07) is 35.8. The molecule has 140 valence electrons. The lowest BCUT2D eigenvalue weighted by Crippen LogP contribution is -2.09. The normalized spacial score (nSPS) is 16.4. The van der Waals surface area contributed by atoms with Crippen molar-refractivity contribution in [3.05, 3.63) is 119 Å². The molecule has 0 bridgehead atoms. The summed E-state index contributed by atoms with van der Waals surface area (Å²) < 4.78 is 0. The Morgan fingerprint density at radius 2 is 1.03 bits per heavy atom. The van der Waals surface area contributed by atoms with Crippen LogP contribution in [0.2, 0.25) is 0 Å². The van der Waals surface area contributed by atoms with E-state index in [0.29, 0.717) is 5.92 Å². The van der Waals surface area contributed by atoms with Crippen molar-refractivity contribution in [2.75, 3.05) is 0 Å². The van der Waals surface area contributed by atoms with Gasteiger partial charge in [-0.05, 0) is 73.0 Å². The van der Waals surface area contributed by atoms with Crippen molar-refractivity contribution in [2.45, 2.75) is 12.8 Å². The van der Waals surface area contributed by atoms with Crippen LogP contribution in [-0.2, 0) is 0 Å². The molecule has 0 saturated heterocycles. The zero-order chi connectivity index (χ0) is 19.8. The van der Waals surface area contributed by atoms with Gasteiger partial charge in [0, 0.05) is 5.92 Å². The molecule has 5 aromatic carbocycles. The minimum absolute atomic E-state index is 0.292. The number of rotatable bonds is 0. The monoisotopic (exact) mass is 380 g/mol. The number of hydrogen-bond acceptors (Lipinski definition) is 0. The second kappa shape index (κ2) is 5.70. The molecule has 0 radical (unpaired) electrons. The molecule has 0 spiro atoms. The molecule has 2 aliphatic carbocycles. The van der Waals surface area contributed by atoms with Crippen molar-refractivity contribution in [1.29, 1.82) is 0 Å². The molecule has 0 nitrogen and oxygen atoms in total. The summed E-state index contributed by atoms with van der Waals surface area (Å²) in [5, 5.41) is 5.48. The van der Waals surface area contributed by atoms with Gasteiger partial charge in [-0.3, -0.25) is 0 Å². The van der Waals surface area contributed by atoms with Gasteiger partial charge in [-0.25, -0.2) is 0 Å². The van der Waals surface area contributed by atoms with Crippen molar-refractivity contribution in [1.82, 2.24) is 0 Å². The van der Waals surface area contributed by atoms with E-state index in [4.69, 9.17) is 0 Å². The summed E-state index contributed by atoms with van der Waals surface area (Å²) >= 11 is 0. The van der Waals surface area contributed by atoms with Crippen LogP contribution in [0, 0.1) is 0 Å². The predicted molar refractivity (Wildman–Crippen MR) is 128 cm³/mol. The van der Waals surface area contributed by atoms with Gasteiger partial charge in [0.2, 0.25) is 0 Å². The van der Waals surface area contributed by atoms with Gasteiger partial charge in [-0.2, -0.15) is 0 Å². The van der Waals surface area contributed by atoms with Crippen molar-refractivity contribution in [3.63, 3.8) is 0 Å². The van der Waals surface area contributed by atoms with Crippen LogP contribution in [0.3, 0.4) is 0 Å². The second-order valence-electron chi connectivity index (χ2n) is 8.48. The number of fused-ring (bicyclic) bond motifs is 13. The van der Waals surface area contributed by atoms with E-state index < -0.39 is 0 Å². The van der Waals surface area contributed by atoms with Gasteiger partial charge in [0.25, 0.3) is 0 Å². The maximum absolute atomic E-state index is 2.34. The number of benzene rings is 5. The number of allylic oxidation sites excluding steroid dienone is 2. The molecule has 1 unspecified atom stereocenters. The van der Waals surface area contributed by atoms with Crippen molar-refractivity contribution in [2.24, 2.45) is 0 Å². The molecule has 0 aliphatic heterocycles. The van der Waals surface area contributed by atoms with Gasteiger partial charge in [-0.15, -0.1) is 0 Å². The first-order valence-electron chi connectivity index (χ1n) is 10.7. The van der Waals surface area contributed by atoms with E-state index in [1.165, 1.54) is 66.1 Å². The minimum Gasteiger partial charge on any atom is -0.0619 e. The fourth-order valence-corrected chi connectivity index (χ4v) is 5.98. The summed E-state index contributed by atoms with van der Waals surface area (Å²) in [5.41, 5.74) is 11.4. The van der Waals surface area contributed by atoms with Crippen LogP contribution in [-0.4, -0.2) is 0 Å². The Balaban J connectivity index is 1.73. The van der Waals surface area contributed by atoms with Crippen LogP contribution in [0.15, 0.2) is 97.1 Å². The molecule has 7 rings (SSSR count). The predicted octanol–water partition coefficient (Wildman–Crippen LogP) is 8.05. The van der Waals surface area contributed by atoms with Gasteiger partial charge in [0.15, 0.2) is 0 Å². The third kappa shape index (κ3) is 1.87. The smallest absolute Gasteiger partial charge is 0.0367 e. The van der Waals surface area contributed by atoms with Gasteiger partial charge in [0.1, 0.15) is 0 Å². The average Bonchev–Trinajstić information content (AvgIpc) is 3.13.